The van der Waals surface area contributed by atoms with E-state index in [9.17, 15) is 0 Å². The minimum atomic E-state index is 0.613. The first-order valence-electron chi connectivity index (χ1n) is 7.42. The fourth-order valence-corrected chi connectivity index (χ4v) is 3.17. The predicted molar refractivity (Wildman–Crippen MR) is 77.0 cm³/mol. The highest BCUT2D eigenvalue weighted by Gasteiger charge is 2.24. The largest absolute Gasteiger partial charge is 0.380 e. The number of nitrogens with one attached hydrogen (secondary N) is 1. The highest BCUT2D eigenvalue weighted by Crippen LogP contribution is 2.28. The van der Waals surface area contributed by atoms with Gasteiger partial charge >= 0.3 is 0 Å². The number of fused-ring (bicyclic) bond motifs is 1. The van der Waals surface area contributed by atoms with Crippen molar-refractivity contribution in [1.82, 2.24) is 4.90 Å². The van der Waals surface area contributed by atoms with Crippen molar-refractivity contribution >= 4 is 5.69 Å². The summed E-state index contributed by atoms with van der Waals surface area (Å²) in [7, 11) is 0. The summed E-state index contributed by atoms with van der Waals surface area (Å²) in [4.78, 5) is 2.63. The number of anilines is 1. The number of hydrogen-bond acceptors (Lipinski definition) is 2. The fourth-order valence-electron chi connectivity index (χ4n) is 3.17. The molecule has 18 heavy (non-hydrogen) atoms. The topological polar surface area (TPSA) is 15.3 Å². The first-order chi connectivity index (χ1) is 8.85. The Morgan fingerprint density at radius 1 is 1.22 bits per heavy atom. The lowest BCUT2D eigenvalue weighted by atomic mass is 9.85. The SMILES string of the molecule is CCN(CC1CCC1)CC1Cc2ccccc2N1. The molecule has 1 aromatic carbocycles. The second-order valence-electron chi connectivity index (χ2n) is 5.85. The second-order valence-corrected chi connectivity index (χ2v) is 5.85. The van der Waals surface area contributed by atoms with E-state index in [-0.39, 0.29) is 0 Å². The van der Waals surface area contributed by atoms with Crippen LogP contribution in [0.5, 0.6) is 0 Å². The lowest BCUT2D eigenvalue weighted by Crippen LogP contribution is -2.39. The number of hydrogen-bond donors (Lipinski definition) is 1. The zero-order chi connectivity index (χ0) is 12.4. The van der Waals surface area contributed by atoms with E-state index in [1.54, 1.807) is 0 Å². The molecule has 2 nitrogen and oxygen atoms in total. The van der Waals surface area contributed by atoms with Crippen LogP contribution in [0, 0.1) is 5.92 Å². The smallest absolute Gasteiger partial charge is 0.0429 e. The van der Waals surface area contributed by atoms with Crippen LogP contribution in [0.2, 0.25) is 0 Å². The third-order valence-electron chi connectivity index (χ3n) is 4.51. The number of benzene rings is 1. The van der Waals surface area contributed by atoms with Crippen LogP contribution in [0.3, 0.4) is 0 Å². The molecule has 1 fully saturated rings. The van der Waals surface area contributed by atoms with Gasteiger partial charge in [-0.25, -0.2) is 0 Å². The first-order valence-corrected chi connectivity index (χ1v) is 7.42. The Kier molecular flexibility index (Phi) is 3.55. The number of para-hydroxylation sites is 1. The van der Waals surface area contributed by atoms with Crippen LogP contribution in [0.25, 0.3) is 0 Å². The van der Waals surface area contributed by atoms with E-state index in [1.165, 1.54) is 56.6 Å². The monoisotopic (exact) mass is 244 g/mol. The molecular formula is C16H24N2. The summed E-state index contributed by atoms with van der Waals surface area (Å²) in [6.07, 6.45) is 5.55. The van der Waals surface area contributed by atoms with Gasteiger partial charge in [0.2, 0.25) is 0 Å². The van der Waals surface area contributed by atoms with Gasteiger partial charge < -0.3 is 10.2 Å². The molecule has 1 saturated carbocycles. The van der Waals surface area contributed by atoms with Crippen LogP contribution >= 0.6 is 0 Å². The minimum Gasteiger partial charge on any atom is -0.380 e. The van der Waals surface area contributed by atoms with E-state index in [1.807, 2.05) is 0 Å². The molecule has 2 heteroatoms. The van der Waals surface area contributed by atoms with Crippen molar-refractivity contribution in [3.8, 4) is 0 Å². The maximum absolute atomic E-state index is 3.67. The zero-order valence-electron chi connectivity index (χ0n) is 11.4. The molecule has 1 unspecified atom stereocenters. The number of rotatable bonds is 5. The summed E-state index contributed by atoms with van der Waals surface area (Å²) in [5.41, 5.74) is 2.84. The molecule has 1 aliphatic heterocycles. The van der Waals surface area contributed by atoms with E-state index >= 15 is 0 Å². The molecule has 0 radical (unpaired) electrons. The van der Waals surface area contributed by atoms with Crippen LogP contribution in [-0.4, -0.2) is 30.6 Å². The van der Waals surface area contributed by atoms with Gasteiger partial charge in [0, 0.05) is 24.8 Å². The summed E-state index contributed by atoms with van der Waals surface area (Å²) in [6, 6.07) is 9.35. The summed E-state index contributed by atoms with van der Waals surface area (Å²) in [5.74, 6) is 0.980. The van der Waals surface area contributed by atoms with Crippen LogP contribution < -0.4 is 5.32 Å². The van der Waals surface area contributed by atoms with Gasteiger partial charge in [0.15, 0.2) is 0 Å². The van der Waals surface area contributed by atoms with E-state index in [2.05, 4.69) is 41.4 Å². The van der Waals surface area contributed by atoms with Gasteiger partial charge in [-0.3, -0.25) is 0 Å². The van der Waals surface area contributed by atoms with E-state index in [4.69, 9.17) is 0 Å². The predicted octanol–water partition coefficient (Wildman–Crippen LogP) is 3.15. The number of likely N-dealkylation sites (N-methyl/N-ethyl adjacent to an activating group) is 1. The molecule has 1 N–H and O–H groups in total. The Morgan fingerprint density at radius 3 is 2.72 bits per heavy atom. The Morgan fingerprint density at radius 2 is 2.06 bits per heavy atom. The lowest BCUT2D eigenvalue weighted by Gasteiger charge is -2.33. The van der Waals surface area contributed by atoms with Crippen molar-refractivity contribution in [3.05, 3.63) is 29.8 Å². The minimum absolute atomic E-state index is 0.613. The Labute approximate surface area is 110 Å². The van der Waals surface area contributed by atoms with E-state index in [0.29, 0.717) is 6.04 Å². The van der Waals surface area contributed by atoms with Crippen LogP contribution in [0.1, 0.15) is 31.7 Å². The van der Waals surface area contributed by atoms with Crippen LogP contribution in [-0.2, 0) is 6.42 Å². The maximum atomic E-state index is 3.67. The van der Waals surface area contributed by atoms with Gasteiger partial charge in [-0.15, -0.1) is 0 Å². The van der Waals surface area contributed by atoms with Gasteiger partial charge in [0.1, 0.15) is 0 Å². The third-order valence-corrected chi connectivity index (χ3v) is 4.51. The molecule has 0 amide bonds. The molecule has 1 atom stereocenters. The summed E-state index contributed by atoms with van der Waals surface area (Å²) >= 11 is 0. The molecular weight excluding hydrogens is 220 g/mol. The van der Waals surface area contributed by atoms with Crippen LogP contribution in [0.15, 0.2) is 24.3 Å². The van der Waals surface area contributed by atoms with Gasteiger partial charge in [-0.2, -0.15) is 0 Å². The van der Waals surface area contributed by atoms with Gasteiger partial charge in [-0.05, 0) is 43.4 Å². The Balaban J connectivity index is 1.53. The van der Waals surface area contributed by atoms with Crippen molar-refractivity contribution in [3.63, 3.8) is 0 Å². The normalized spacial score (nSPS) is 22.7. The molecule has 2 aliphatic rings. The van der Waals surface area contributed by atoms with Crippen LogP contribution in [0.4, 0.5) is 5.69 Å². The molecule has 98 valence electrons. The quantitative estimate of drug-likeness (QED) is 0.856. The lowest BCUT2D eigenvalue weighted by molar-refractivity contribution is 0.179. The van der Waals surface area contributed by atoms with Gasteiger partial charge in [0.05, 0.1) is 0 Å². The van der Waals surface area contributed by atoms with E-state index < -0.39 is 0 Å². The van der Waals surface area contributed by atoms with E-state index in [0.717, 1.165) is 5.92 Å². The van der Waals surface area contributed by atoms with Gasteiger partial charge in [-0.1, -0.05) is 31.5 Å². The van der Waals surface area contributed by atoms with Crippen molar-refractivity contribution in [2.45, 2.75) is 38.6 Å². The highest BCUT2D eigenvalue weighted by molar-refractivity contribution is 5.56. The summed E-state index contributed by atoms with van der Waals surface area (Å²) in [6.45, 7) is 5.98. The molecule has 0 spiro atoms. The molecule has 1 aromatic rings. The third kappa shape index (κ3) is 2.54. The zero-order valence-corrected chi connectivity index (χ0v) is 11.4. The van der Waals surface area contributed by atoms with Crippen molar-refractivity contribution in [1.29, 1.82) is 0 Å². The Hall–Kier alpha value is -1.02. The van der Waals surface area contributed by atoms with Gasteiger partial charge in [0.25, 0.3) is 0 Å². The average Bonchev–Trinajstić information content (AvgIpc) is 2.74. The molecule has 0 aromatic heterocycles. The summed E-state index contributed by atoms with van der Waals surface area (Å²) in [5, 5.41) is 3.67. The first kappa shape index (κ1) is 12.0. The molecule has 3 rings (SSSR count). The number of nitrogens with zero attached hydrogens (tertiary/aromatic N) is 1. The molecule has 1 heterocycles. The van der Waals surface area contributed by atoms with Crippen molar-refractivity contribution in [2.75, 3.05) is 25.0 Å². The average molecular weight is 244 g/mol. The summed E-state index contributed by atoms with van der Waals surface area (Å²) < 4.78 is 0. The second kappa shape index (κ2) is 5.31. The fraction of sp³-hybridized carbons (Fsp3) is 0.625. The highest BCUT2D eigenvalue weighted by atomic mass is 15.2. The molecule has 0 saturated heterocycles. The van der Waals surface area contributed by atoms with Crippen molar-refractivity contribution in [2.24, 2.45) is 5.92 Å². The molecule has 0 bridgehead atoms. The standard InChI is InChI=1S/C16H24N2/c1-2-18(11-13-6-5-7-13)12-15-10-14-8-3-4-9-16(14)17-15/h3-4,8-9,13,15,17H,2,5-7,10-12H2,1H3. The molecule has 1 aliphatic carbocycles. The Bertz CT molecular complexity index is 373. The van der Waals surface area contributed by atoms with Crippen molar-refractivity contribution < 1.29 is 0 Å². The maximum Gasteiger partial charge on any atom is 0.0429 e.